The first kappa shape index (κ1) is 31.3. The average molecular weight is 719 g/mol. The summed E-state index contributed by atoms with van der Waals surface area (Å²) in [5.41, 5.74) is 16.2. The minimum Gasteiger partial charge on any atom is -0.135 e. The predicted octanol–water partition coefficient (Wildman–Crippen LogP) is 15.5. The van der Waals surface area contributed by atoms with Crippen molar-refractivity contribution < 1.29 is 0 Å². The second-order valence-electron chi connectivity index (χ2n) is 16.8. The summed E-state index contributed by atoms with van der Waals surface area (Å²) in [6, 6.07) is 60.0. The monoisotopic (exact) mass is 718 g/mol. The molecule has 0 fully saturated rings. The molecule has 10 aromatic rings. The van der Waals surface area contributed by atoms with Crippen LogP contribution in [-0.4, -0.2) is 0 Å². The lowest BCUT2D eigenvalue weighted by atomic mass is 9.76. The van der Waals surface area contributed by atoms with Crippen LogP contribution in [0.25, 0.3) is 97.0 Å². The molecule has 0 aliphatic heterocycles. The molecule has 0 saturated carbocycles. The molecule has 0 unspecified atom stereocenters. The van der Waals surface area contributed by atoms with Gasteiger partial charge in [-0.1, -0.05) is 167 Å². The third-order valence-corrected chi connectivity index (χ3v) is 14.5. The molecule has 2 aliphatic carbocycles. The molecule has 0 saturated heterocycles. The lowest BCUT2D eigenvalue weighted by Gasteiger charge is -2.27. The SMILES string of the molecule is CC1(C)c2ccccc2-c2cc(-c3c4ccccc4c(-c4cc5c(ccc6c7ccccc7sc56)c5c4C(C)(C)c4ccccc4-5)c4ccccc34)ccc21. The molecule has 1 heteroatoms. The lowest BCUT2D eigenvalue weighted by molar-refractivity contribution is 0.660. The summed E-state index contributed by atoms with van der Waals surface area (Å²) in [5.74, 6) is 0. The second kappa shape index (κ2) is 10.8. The summed E-state index contributed by atoms with van der Waals surface area (Å²) in [6.45, 7) is 9.61. The van der Waals surface area contributed by atoms with Gasteiger partial charge in [-0.2, -0.15) is 0 Å². The fourth-order valence-corrected chi connectivity index (χ4v) is 12.0. The van der Waals surface area contributed by atoms with Crippen molar-refractivity contribution in [1.29, 1.82) is 0 Å². The molecule has 55 heavy (non-hydrogen) atoms. The van der Waals surface area contributed by atoms with Crippen molar-refractivity contribution in [2.75, 3.05) is 0 Å². The Kier molecular flexibility index (Phi) is 6.16. The van der Waals surface area contributed by atoms with E-state index in [1.165, 1.54) is 119 Å². The van der Waals surface area contributed by atoms with E-state index < -0.39 is 0 Å². The molecule has 12 rings (SSSR count). The molecule has 0 radical (unpaired) electrons. The molecular formula is C54H38S. The third-order valence-electron chi connectivity index (χ3n) is 13.2. The molecule has 0 atom stereocenters. The third kappa shape index (κ3) is 4.01. The van der Waals surface area contributed by atoms with Crippen LogP contribution in [0.1, 0.15) is 49.9 Å². The van der Waals surface area contributed by atoms with Crippen LogP contribution in [0.2, 0.25) is 0 Å². The van der Waals surface area contributed by atoms with Gasteiger partial charge in [0.15, 0.2) is 0 Å². The van der Waals surface area contributed by atoms with Crippen molar-refractivity contribution in [2.45, 2.75) is 38.5 Å². The van der Waals surface area contributed by atoms with Gasteiger partial charge in [-0.25, -0.2) is 0 Å². The number of hydrogen-bond acceptors (Lipinski definition) is 1. The van der Waals surface area contributed by atoms with Gasteiger partial charge in [0.25, 0.3) is 0 Å². The normalized spacial score (nSPS) is 14.8. The van der Waals surface area contributed by atoms with Gasteiger partial charge < -0.3 is 0 Å². The summed E-state index contributed by atoms with van der Waals surface area (Å²) in [7, 11) is 0. The van der Waals surface area contributed by atoms with Crippen LogP contribution in [-0.2, 0) is 10.8 Å². The maximum absolute atomic E-state index is 2.57. The van der Waals surface area contributed by atoms with Crippen molar-refractivity contribution in [1.82, 2.24) is 0 Å². The zero-order chi connectivity index (χ0) is 36.8. The van der Waals surface area contributed by atoms with E-state index in [-0.39, 0.29) is 10.8 Å². The van der Waals surface area contributed by atoms with E-state index in [9.17, 15) is 0 Å². The minimum absolute atomic E-state index is 0.0286. The molecule has 9 aromatic carbocycles. The van der Waals surface area contributed by atoms with E-state index in [1.54, 1.807) is 0 Å². The molecule has 0 bridgehead atoms. The molecule has 0 nitrogen and oxygen atoms in total. The topological polar surface area (TPSA) is 0 Å². The fourth-order valence-electron chi connectivity index (χ4n) is 10.8. The van der Waals surface area contributed by atoms with Crippen molar-refractivity contribution in [2.24, 2.45) is 0 Å². The molecule has 0 spiro atoms. The Balaban J connectivity index is 1.23. The second-order valence-corrected chi connectivity index (χ2v) is 17.8. The number of thiophene rings is 1. The Labute approximate surface area is 325 Å². The highest BCUT2D eigenvalue weighted by atomic mass is 32.1. The highest BCUT2D eigenvalue weighted by Crippen LogP contribution is 2.58. The lowest BCUT2D eigenvalue weighted by Crippen LogP contribution is -2.16. The van der Waals surface area contributed by atoms with Gasteiger partial charge in [0, 0.05) is 36.4 Å². The molecule has 1 aromatic heterocycles. The maximum Gasteiger partial charge on any atom is 0.0434 e. The fraction of sp³-hybridized carbons (Fsp3) is 0.111. The van der Waals surface area contributed by atoms with E-state index in [2.05, 4.69) is 185 Å². The number of benzene rings is 9. The van der Waals surface area contributed by atoms with Crippen LogP contribution < -0.4 is 0 Å². The van der Waals surface area contributed by atoms with E-state index in [0.717, 1.165) is 0 Å². The molecular weight excluding hydrogens is 681 g/mol. The zero-order valence-corrected chi connectivity index (χ0v) is 32.2. The minimum atomic E-state index is -0.189. The average Bonchev–Trinajstić information content (AvgIpc) is 3.80. The summed E-state index contributed by atoms with van der Waals surface area (Å²) < 4.78 is 2.71. The van der Waals surface area contributed by atoms with Crippen molar-refractivity contribution in [3.63, 3.8) is 0 Å². The Morgan fingerprint density at radius 2 is 0.873 bits per heavy atom. The standard InChI is InChI=1S/C54H38S/c1-53(2)44-22-12-9-15-32(44)41-29-31(25-28-46(41)53)48-34-17-5-7-19-36(34)49(37-20-8-6-18-35(37)48)43-30-42-38(26-27-39-33-16-11-14-24-47(33)55-52(39)42)50-40-21-10-13-23-45(40)54(3,4)51(43)50/h5-30H,1-4H3. The van der Waals surface area contributed by atoms with Gasteiger partial charge in [0.2, 0.25) is 0 Å². The van der Waals surface area contributed by atoms with E-state index in [4.69, 9.17) is 0 Å². The number of fused-ring (bicyclic) bond motifs is 14. The van der Waals surface area contributed by atoms with Crippen LogP contribution in [0.15, 0.2) is 158 Å². The molecule has 0 amide bonds. The van der Waals surface area contributed by atoms with Gasteiger partial charge in [-0.15, -0.1) is 11.3 Å². The number of hydrogen-bond donors (Lipinski definition) is 0. The van der Waals surface area contributed by atoms with Crippen LogP contribution in [0, 0.1) is 0 Å². The Bertz CT molecular complexity index is 3260. The van der Waals surface area contributed by atoms with E-state index in [1.807, 2.05) is 11.3 Å². The molecule has 1 heterocycles. The van der Waals surface area contributed by atoms with Crippen LogP contribution in [0.4, 0.5) is 0 Å². The van der Waals surface area contributed by atoms with Gasteiger partial charge in [-0.05, 0) is 112 Å². The quantitative estimate of drug-likeness (QED) is 0.156. The van der Waals surface area contributed by atoms with Gasteiger partial charge in [0.05, 0.1) is 0 Å². The smallest absolute Gasteiger partial charge is 0.0434 e. The highest BCUT2D eigenvalue weighted by molar-refractivity contribution is 7.26. The van der Waals surface area contributed by atoms with Crippen molar-refractivity contribution in [3.05, 3.63) is 180 Å². The van der Waals surface area contributed by atoms with Crippen LogP contribution >= 0.6 is 11.3 Å². The van der Waals surface area contributed by atoms with Crippen LogP contribution in [0.3, 0.4) is 0 Å². The summed E-state index contributed by atoms with van der Waals surface area (Å²) in [4.78, 5) is 0. The first-order chi connectivity index (χ1) is 26.8. The number of rotatable bonds is 2. The highest BCUT2D eigenvalue weighted by Gasteiger charge is 2.40. The Morgan fingerprint density at radius 1 is 0.345 bits per heavy atom. The Morgan fingerprint density at radius 3 is 1.58 bits per heavy atom. The van der Waals surface area contributed by atoms with Crippen molar-refractivity contribution >= 4 is 63.8 Å². The summed E-state index contributed by atoms with van der Waals surface area (Å²) in [6.07, 6.45) is 0. The first-order valence-corrected chi connectivity index (χ1v) is 20.3. The predicted molar refractivity (Wildman–Crippen MR) is 238 cm³/mol. The Hall–Kier alpha value is -6.02. The van der Waals surface area contributed by atoms with Crippen LogP contribution in [0.5, 0.6) is 0 Å². The molecule has 260 valence electrons. The van der Waals surface area contributed by atoms with Crippen molar-refractivity contribution in [3.8, 4) is 44.5 Å². The molecule has 0 N–H and O–H groups in total. The summed E-state index contributed by atoms with van der Waals surface area (Å²) in [5, 5.41) is 10.6. The van der Waals surface area contributed by atoms with Gasteiger partial charge in [0.1, 0.15) is 0 Å². The van der Waals surface area contributed by atoms with E-state index in [0.29, 0.717) is 0 Å². The zero-order valence-electron chi connectivity index (χ0n) is 31.4. The first-order valence-electron chi connectivity index (χ1n) is 19.5. The maximum atomic E-state index is 2.57. The largest absolute Gasteiger partial charge is 0.135 e. The van der Waals surface area contributed by atoms with Gasteiger partial charge >= 0.3 is 0 Å². The van der Waals surface area contributed by atoms with Gasteiger partial charge in [-0.3, -0.25) is 0 Å². The van der Waals surface area contributed by atoms with E-state index >= 15 is 0 Å². The summed E-state index contributed by atoms with van der Waals surface area (Å²) >= 11 is 1.93. The molecule has 2 aliphatic rings.